The highest BCUT2D eigenvalue weighted by Crippen LogP contribution is 2.25. The van der Waals surface area contributed by atoms with Crippen LogP contribution in [-0.4, -0.2) is 52.3 Å². The van der Waals surface area contributed by atoms with Crippen molar-refractivity contribution in [2.24, 2.45) is 0 Å². The summed E-state index contributed by atoms with van der Waals surface area (Å²) in [4.78, 5) is 33.2. The Morgan fingerprint density at radius 3 is 2.66 bits per heavy atom. The van der Waals surface area contributed by atoms with Crippen molar-refractivity contribution in [3.63, 3.8) is 0 Å². The summed E-state index contributed by atoms with van der Waals surface area (Å²) >= 11 is 6.08. The lowest BCUT2D eigenvalue weighted by atomic mass is 10.0. The normalized spacial score (nSPS) is 16.8. The lowest BCUT2D eigenvalue weighted by Crippen LogP contribution is -2.53. The first kappa shape index (κ1) is 24.1. The molecule has 1 fully saturated rings. The van der Waals surface area contributed by atoms with Gasteiger partial charge in [0.1, 0.15) is 5.82 Å². The lowest BCUT2D eigenvalue weighted by molar-refractivity contribution is -0.135. The summed E-state index contributed by atoms with van der Waals surface area (Å²) < 4.78 is 14.4. The molecule has 0 aliphatic carbocycles. The largest absolute Gasteiger partial charge is 0.337 e. The average molecular weight is 461 g/mol. The van der Waals surface area contributed by atoms with Gasteiger partial charge in [-0.25, -0.2) is 4.39 Å². The second kappa shape index (κ2) is 10.4. The number of pyridine rings is 1. The van der Waals surface area contributed by atoms with Crippen molar-refractivity contribution in [1.29, 1.82) is 0 Å². The average Bonchev–Trinajstić information content (AvgIpc) is 2.73. The quantitative estimate of drug-likeness (QED) is 0.685. The van der Waals surface area contributed by atoms with Crippen LogP contribution in [0, 0.1) is 19.7 Å². The molecule has 0 bridgehead atoms. The van der Waals surface area contributed by atoms with E-state index in [0.717, 1.165) is 30.6 Å². The number of halogens is 2. The van der Waals surface area contributed by atoms with Crippen molar-refractivity contribution in [3.8, 4) is 0 Å². The number of carbonyl (C=O) groups excluding carboxylic acids is 2. The Balaban J connectivity index is 1.72. The summed E-state index contributed by atoms with van der Waals surface area (Å²) in [6, 6.07) is 4.49. The van der Waals surface area contributed by atoms with Crippen LogP contribution in [0.5, 0.6) is 0 Å². The Morgan fingerprint density at radius 2 is 2.00 bits per heavy atom. The van der Waals surface area contributed by atoms with Crippen LogP contribution in [0.3, 0.4) is 0 Å². The summed E-state index contributed by atoms with van der Waals surface area (Å²) in [5.74, 6) is -0.612. The molecule has 32 heavy (non-hydrogen) atoms. The third-order valence-corrected chi connectivity index (χ3v) is 6.29. The Labute approximate surface area is 193 Å². The van der Waals surface area contributed by atoms with Crippen LogP contribution in [0.4, 0.5) is 10.1 Å². The van der Waals surface area contributed by atoms with Gasteiger partial charge in [-0.15, -0.1) is 0 Å². The molecule has 1 aliphatic rings. The third kappa shape index (κ3) is 5.64. The highest BCUT2D eigenvalue weighted by molar-refractivity contribution is 6.31. The van der Waals surface area contributed by atoms with E-state index in [1.54, 1.807) is 13.0 Å². The molecule has 1 aromatic carbocycles. The maximum absolute atomic E-state index is 14.4. The molecule has 3 rings (SSSR count). The molecule has 172 valence electrons. The monoisotopic (exact) mass is 460 g/mol. The van der Waals surface area contributed by atoms with Gasteiger partial charge in [-0.2, -0.15) is 0 Å². The summed E-state index contributed by atoms with van der Waals surface area (Å²) in [6.45, 7) is 10.3. The SMILES string of the molecule is CCCC(=O)N1CCN(Cc2cc(F)cc(NC(=O)c3cnc(C)c(Cl)c3)c2C)C[C@@H]1C. The number of aromatic nitrogens is 1. The van der Waals surface area contributed by atoms with Gasteiger partial charge < -0.3 is 10.2 Å². The van der Waals surface area contributed by atoms with Gasteiger partial charge in [-0.05, 0) is 56.5 Å². The van der Waals surface area contributed by atoms with Crippen molar-refractivity contribution < 1.29 is 14.0 Å². The van der Waals surface area contributed by atoms with Crippen molar-refractivity contribution in [2.75, 3.05) is 25.0 Å². The van der Waals surface area contributed by atoms with Crippen LogP contribution >= 0.6 is 11.6 Å². The zero-order chi connectivity index (χ0) is 23.4. The van der Waals surface area contributed by atoms with Gasteiger partial charge in [0.15, 0.2) is 0 Å². The Bertz CT molecular complexity index is 1010. The van der Waals surface area contributed by atoms with E-state index < -0.39 is 11.7 Å². The molecule has 0 unspecified atom stereocenters. The fraction of sp³-hybridized carbons (Fsp3) is 0.458. The van der Waals surface area contributed by atoms with E-state index in [9.17, 15) is 14.0 Å². The number of amides is 2. The minimum atomic E-state index is -0.411. The molecule has 8 heteroatoms. The maximum atomic E-state index is 14.4. The molecule has 6 nitrogen and oxygen atoms in total. The number of carbonyl (C=O) groups is 2. The zero-order valence-electron chi connectivity index (χ0n) is 19.0. The van der Waals surface area contributed by atoms with Crippen LogP contribution in [0.2, 0.25) is 5.02 Å². The third-order valence-electron chi connectivity index (χ3n) is 5.91. The van der Waals surface area contributed by atoms with E-state index in [0.29, 0.717) is 41.5 Å². The van der Waals surface area contributed by atoms with Crippen LogP contribution < -0.4 is 5.32 Å². The van der Waals surface area contributed by atoms with Gasteiger partial charge in [-0.1, -0.05) is 18.5 Å². The molecule has 1 N–H and O–H groups in total. The van der Waals surface area contributed by atoms with E-state index >= 15 is 0 Å². The molecule has 1 aliphatic heterocycles. The fourth-order valence-corrected chi connectivity index (χ4v) is 4.17. The van der Waals surface area contributed by atoms with Gasteiger partial charge in [0, 0.05) is 50.5 Å². The Morgan fingerprint density at radius 1 is 1.25 bits per heavy atom. The van der Waals surface area contributed by atoms with Crippen LogP contribution in [0.1, 0.15) is 53.9 Å². The lowest BCUT2D eigenvalue weighted by Gasteiger charge is -2.40. The van der Waals surface area contributed by atoms with Crippen molar-refractivity contribution in [3.05, 3.63) is 57.6 Å². The first-order valence-electron chi connectivity index (χ1n) is 10.9. The molecule has 2 heterocycles. The van der Waals surface area contributed by atoms with Gasteiger partial charge in [0.25, 0.3) is 5.91 Å². The van der Waals surface area contributed by atoms with E-state index in [2.05, 4.69) is 15.2 Å². The molecule has 1 saturated heterocycles. The highest BCUT2D eigenvalue weighted by atomic mass is 35.5. The predicted octanol–water partition coefficient (Wildman–Crippen LogP) is 4.58. The van der Waals surface area contributed by atoms with E-state index in [1.165, 1.54) is 18.3 Å². The number of nitrogens with one attached hydrogen (secondary N) is 1. The van der Waals surface area contributed by atoms with E-state index in [-0.39, 0.29) is 11.9 Å². The first-order chi connectivity index (χ1) is 15.2. The number of anilines is 1. The Kier molecular flexibility index (Phi) is 7.85. The summed E-state index contributed by atoms with van der Waals surface area (Å²) in [7, 11) is 0. The Hall–Kier alpha value is -2.51. The summed E-state index contributed by atoms with van der Waals surface area (Å²) in [6.07, 6.45) is 2.86. The standard InChI is InChI=1S/C24H30ClFN4O2/c1-5-6-23(31)30-8-7-29(13-15(30)2)14-19-9-20(26)11-22(16(19)3)28-24(32)18-10-21(25)17(4)27-12-18/h9-12,15H,5-8,13-14H2,1-4H3,(H,28,32)/t15-/m0/s1. The molecule has 2 aromatic rings. The van der Waals surface area contributed by atoms with Gasteiger partial charge >= 0.3 is 0 Å². The smallest absolute Gasteiger partial charge is 0.257 e. The minimum absolute atomic E-state index is 0.106. The van der Waals surface area contributed by atoms with Crippen molar-refractivity contribution >= 4 is 29.1 Å². The number of hydrogen-bond donors (Lipinski definition) is 1. The number of benzene rings is 1. The fourth-order valence-electron chi connectivity index (χ4n) is 4.00. The van der Waals surface area contributed by atoms with Crippen LogP contribution in [-0.2, 0) is 11.3 Å². The van der Waals surface area contributed by atoms with Crippen LogP contribution in [0.25, 0.3) is 0 Å². The van der Waals surface area contributed by atoms with Gasteiger partial charge in [0.2, 0.25) is 5.91 Å². The molecule has 0 saturated carbocycles. The minimum Gasteiger partial charge on any atom is -0.337 e. The van der Waals surface area contributed by atoms with Crippen molar-refractivity contribution in [2.45, 2.75) is 53.1 Å². The molecule has 0 spiro atoms. The van der Waals surface area contributed by atoms with Gasteiger partial charge in [-0.3, -0.25) is 19.5 Å². The molecule has 1 aromatic heterocycles. The van der Waals surface area contributed by atoms with Gasteiger partial charge in [0.05, 0.1) is 16.3 Å². The zero-order valence-corrected chi connectivity index (χ0v) is 19.8. The second-order valence-electron chi connectivity index (χ2n) is 8.40. The number of piperazine rings is 1. The number of hydrogen-bond acceptors (Lipinski definition) is 4. The molecule has 1 atom stereocenters. The second-order valence-corrected chi connectivity index (χ2v) is 8.81. The number of nitrogens with zero attached hydrogens (tertiary/aromatic N) is 3. The van der Waals surface area contributed by atoms with Crippen molar-refractivity contribution in [1.82, 2.24) is 14.8 Å². The summed E-state index contributed by atoms with van der Waals surface area (Å²) in [5, 5.41) is 3.19. The number of rotatable bonds is 6. The maximum Gasteiger partial charge on any atom is 0.257 e. The molecular weight excluding hydrogens is 431 g/mol. The molecule has 2 amide bonds. The van der Waals surface area contributed by atoms with Crippen LogP contribution in [0.15, 0.2) is 24.4 Å². The first-order valence-corrected chi connectivity index (χ1v) is 11.3. The topological polar surface area (TPSA) is 65.5 Å². The van der Waals surface area contributed by atoms with E-state index in [4.69, 9.17) is 11.6 Å². The molecular formula is C24H30ClFN4O2. The number of aryl methyl sites for hydroxylation is 1. The predicted molar refractivity (Wildman–Crippen MR) is 124 cm³/mol. The highest BCUT2D eigenvalue weighted by Gasteiger charge is 2.27. The van der Waals surface area contributed by atoms with E-state index in [1.807, 2.05) is 25.7 Å². The summed E-state index contributed by atoms with van der Waals surface area (Å²) in [5.41, 5.74) is 2.99. The molecule has 0 radical (unpaired) electrons.